The monoisotopic (exact) mass is 209 g/mol. The van der Waals surface area contributed by atoms with Crippen LogP contribution < -0.4 is 16.6 Å². The lowest BCUT2D eigenvalue weighted by molar-refractivity contribution is 0.711. The van der Waals surface area contributed by atoms with Crippen molar-refractivity contribution in [3.8, 4) is 0 Å². The number of hydrazine groups is 1. The number of thiocarbonyl (C=S) groups is 1. The molecule has 0 saturated carbocycles. The first kappa shape index (κ1) is 10.9. The maximum Gasteiger partial charge on any atom is 0.180 e. The van der Waals surface area contributed by atoms with E-state index in [1.807, 2.05) is 18.2 Å². The van der Waals surface area contributed by atoms with E-state index < -0.39 is 0 Å². The lowest BCUT2D eigenvalue weighted by Gasteiger charge is -2.13. The Morgan fingerprint density at radius 1 is 1.43 bits per heavy atom. The van der Waals surface area contributed by atoms with Crippen LogP contribution in [-0.2, 0) is 0 Å². The minimum atomic E-state index is 0.419. The van der Waals surface area contributed by atoms with Crippen LogP contribution >= 0.6 is 12.2 Å². The van der Waals surface area contributed by atoms with Gasteiger partial charge in [0, 0.05) is 6.54 Å². The average Bonchev–Trinajstić information content (AvgIpc) is 2.26. The first-order valence-corrected chi connectivity index (χ1v) is 4.94. The fraction of sp³-hybridized carbons (Fsp3) is 0.300. The molecule has 1 unspecified atom stereocenters. The second-order valence-electron chi connectivity index (χ2n) is 3.17. The number of hydrogen-bond donors (Lipinski definition) is 3. The van der Waals surface area contributed by atoms with Gasteiger partial charge < -0.3 is 10.7 Å². The zero-order valence-corrected chi connectivity index (χ0v) is 8.97. The highest BCUT2D eigenvalue weighted by molar-refractivity contribution is 7.80. The minimum Gasteiger partial charge on any atom is -0.361 e. The van der Waals surface area contributed by atoms with Gasteiger partial charge in [-0.25, -0.2) is 5.84 Å². The molecule has 3 nitrogen and oxygen atoms in total. The molecule has 0 aromatic heterocycles. The summed E-state index contributed by atoms with van der Waals surface area (Å²) in [6.45, 7) is 2.93. The van der Waals surface area contributed by atoms with Crippen molar-refractivity contribution in [2.45, 2.75) is 12.8 Å². The van der Waals surface area contributed by atoms with Gasteiger partial charge in [-0.2, -0.15) is 0 Å². The van der Waals surface area contributed by atoms with Crippen LogP contribution in [0.5, 0.6) is 0 Å². The summed E-state index contributed by atoms with van der Waals surface area (Å²) in [5.41, 5.74) is 3.68. The van der Waals surface area contributed by atoms with E-state index in [1.165, 1.54) is 5.56 Å². The maximum absolute atomic E-state index is 5.14. The summed E-state index contributed by atoms with van der Waals surface area (Å²) in [4.78, 5) is 0. The van der Waals surface area contributed by atoms with E-state index >= 15 is 0 Å². The first-order valence-electron chi connectivity index (χ1n) is 4.53. The van der Waals surface area contributed by atoms with E-state index in [-0.39, 0.29) is 0 Å². The highest BCUT2D eigenvalue weighted by atomic mass is 32.1. The zero-order chi connectivity index (χ0) is 10.4. The van der Waals surface area contributed by atoms with Crippen molar-refractivity contribution in [2.24, 2.45) is 5.84 Å². The van der Waals surface area contributed by atoms with Gasteiger partial charge in [0.1, 0.15) is 0 Å². The molecular formula is C10H15N3S. The van der Waals surface area contributed by atoms with Crippen molar-refractivity contribution in [2.75, 3.05) is 6.54 Å². The predicted molar refractivity (Wildman–Crippen MR) is 62.8 cm³/mol. The molecule has 1 rings (SSSR count). The number of nitrogens with one attached hydrogen (secondary N) is 2. The van der Waals surface area contributed by atoms with Crippen LogP contribution in [0, 0.1) is 0 Å². The molecule has 4 N–H and O–H groups in total. The zero-order valence-electron chi connectivity index (χ0n) is 8.16. The van der Waals surface area contributed by atoms with Crippen molar-refractivity contribution in [3.05, 3.63) is 35.9 Å². The predicted octanol–water partition coefficient (Wildman–Crippen LogP) is 1.13. The van der Waals surface area contributed by atoms with E-state index in [2.05, 4.69) is 29.8 Å². The fourth-order valence-electron chi connectivity index (χ4n) is 1.20. The normalized spacial score (nSPS) is 11.9. The highest BCUT2D eigenvalue weighted by Crippen LogP contribution is 2.12. The Bertz CT molecular complexity index is 287. The summed E-state index contributed by atoms with van der Waals surface area (Å²) < 4.78 is 0. The number of benzene rings is 1. The molecule has 0 saturated heterocycles. The van der Waals surface area contributed by atoms with E-state index in [0.717, 1.165) is 6.54 Å². The van der Waals surface area contributed by atoms with Crippen LogP contribution in [-0.4, -0.2) is 11.7 Å². The van der Waals surface area contributed by atoms with E-state index in [1.54, 1.807) is 0 Å². The number of rotatable bonds is 3. The molecule has 76 valence electrons. The molecular weight excluding hydrogens is 194 g/mol. The van der Waals surface area contributed by atoms with Gasteiger partial charge in [-0.05, 0) is 23.7 Å². The molecule has 0 aliphatic carbocycles. The smallest absolute Gasteiger partial charge is 0.180 e. The Hall–Kier alpha value is -1.13. The average molecular weight is 209 g/mol. The molecule has 1 aromatic carbocycles. The van der Waals surface area contributed by atoms with Gasteiger partial charge >= 0.3 is 0 Å². The van der Waals surface area contributed by atoms with Crippen molar-refractivity contribution >= 4 is 17.3 Å². The number of nitrogens with two attached hydrogens (primary N) is 1. The van der Waals surface area contributed by atoms with Gasteiger partial charge in [0.25, 0.3) is 0 Å². The molecule has 4 heteroatoms. The molecule has 0 aliphatic rings. The Balaban J connectivity index is 2.43. The van der Waals surface area contributed by atoms with E-state index in [9.17, 15) is 0 Å². The first-order chi connectivity index (χ1) is 6.74. The Kier molecular flexibility index (Phi) is 4.35. The lowest BCUT2D eigenvalue weighted by atomic mass is 10.0. The van der Waals surface area contributed by atoms with Gasteiger partial charge in [-0.15, -0.1) is 0 Å². The SMILES string of the molecule is CC(CNC(=S)NN)c1ccccc1. The fourth-order valence-corrected chi connectivity index (χ4v) is 1.28. The quantitative estimate of drug-likeness (QED) is 0.397. The second kappa shape index (κ2) is 5.57. The van der Waals surface area contributed by atoms with Crippen LogP contribution in [0.1, 0.15) is 18.4 Å². The third-order valence-corrected chi connectivity index (χ3v) is 2.33. The Morgan fingerprint density at radius 2 is 2.07 bits per heavy atom. The van der Waals surface area contributed by atoms with Gasteiger partial charge in [0.15, 0.2) is 5.11 Å². The lowest BCUT2D eigenvalue weighted by Crippen LogP contribution is -2.41. The van der Waals surface area contributed by atoms with E-state index in [4.69, 9.17) is 18.1 Å². The third kappa shape index (κ3) is 3.32. The second-order valence-corrected chi connectivity index (χ2v) is 3.57. The van der Waals surface area contributed by atoms with Crippen LogP contribution in [0.4, 0.5) is 0 Å². The standard InChI is InChI=1S/C10H15N3S/c1-8(7-12-10(14)13-11)9-5-3-2-4-6-9/h2-6,8H,7,11H2,1H3,(H2,12,13,14). The molecule has 0 amide bonds. The summed E-state index contributed by atoms with van der Waals surface area (Å²) in [5, 5.41) is 3.51. The van der Waals surface area contributed by atoms with Gasteiger partial charge in [0.2, 0.25) is 0 Å². The summed E-state index contributed by atoms with van der Waals surface area (Å²) in [5.74, 6) is 5.56. The third-order valence-electron chi connectivity index (χ3n) is 2.07. The van der Waals surface area contributed by atoms with E-state index in [0.29, 0.717) is 11.0 Å². The molecule has 14 heavy (non-hydrogen) atoms. The van der Waals surface area contributed by atoms with Gasteiger partial charge in [0.05, 0.1) is 0 Å². The molecule has 0 radical (unpaired) electrons. The number of hydrogen-bond acceptors (Lipinski definition) is 2. The molecule has 0 bridgehead atoms. The van der Waals surface area contributed by atoms with Crippen LogP contribution in [0.2, 0.25) is 0 Å². The Morgan fingerprint density at radius 3 is 2.64 bits per heavy atom. The van der Waals surface area contributed by atoms with Gasteiger partial charge in [-0.1, -0.05) is 37.3 Å². The topological polar surface area (TPSA) is 50.1 Å². The van der Waals surface area contributed by atoms with Crippen LogP contribution in [0.25, 0.3) is 0 Å². The van der Waals surface area contributed by atoms with Gasteiger partial charge in [-0.3, -0.25) is 0 Å². The maximum atomic E-state index is 5.14. The highest BCUT2D eigenvalue weighted by Gasteiger charge is 2.04. The van der Waals surface area contributed by atoms with Crippen molar-refractivity contribution < 1.29 is 0 Å². The Labute approximate surface area is 89.7 Å². The summed E-state index contributed by atoms with van der Waals surface area (Å²) in [6.07, 6.45) is 0. The summed E-state index contributed by atoms with van der Waals surface area (Å²) in [6, 6.07) is 10.3. The summed E-state index contributed by atoms with van der Waals surface area (Å²) >= 11 is 4.88. The largest absolute Gasteiger partial charge is 0.361 e. The van der Waals surface area contributed by atoms with Crippen molar-refractivity contribution in [3.63, 3.8) is 0 Å². The molecule has 0 fully saturated rings. The van der Waals surface area contributed by atoms with Crippen LogP contribution in [0.3, 0.4) is 0 Å². The minimum absolute atomic E-state index is 0.419. The van der Waals surface area contributed by atoms with Crippen LogP contribution in [0.15, 0.2) is 30.3 Å². The molecule has 0 aliphatic heterocycles. The van der Waals surface area contributed by atoms with Crippen molar-refractivity contribution in [1.82, 2.24) is 10.7 Å². The summed E-state index contributed by atoms with van der Waals surface area (Å²) in [7, 11) is 0. The molecule has 0 heterocycles. The molecule has 1 atom stereocenters. The molecule has 1 aromatic rings. The molecule has 0 spiro atoms. The van der Waals surface area contributed by atoms with Crippen molar-refractivity contribution in [1.29, 1.82) is 0 Å².